The highest BCUT2D eigenvalue weighted by molar-refractivity contribution is 5.61. The van der Waals surface area contributed by atoms with E-state index in [9.17, 15) is 10.1 Å². The monoisotopic (exact) mass is 362 g/mol. The van der Waals surface area contributed by atoms with Gasteiger partial charge in [-0.25, -0.2) is 9.97 Å². The first-order valence-electron chi connectivity index (χ1n) is 8.67. The summed E-state index contributed by atoms with van der Waals surface area (Å²) < 4.78 is 5.93. The fourth-order valence-electron chi connectivity index (χ4n) is 3.13. The predicted molar refractivity (Wildman–Crippen MR) is 102 cm³/mol. The Morgan fingerprint density at radius 2 is 2.04 bits per heavy atom. The summed E-state index contributed by atoms with van der Waals surface area (Å²) >= 11 is 0. The SMILES string of the molecule is Cc1cc(NCC2Cc3ccccc3O2)nc(-c2cccc([N+](=O)[O-])c2)n1. The average Bonchev–Trinajstić information content (AvgIpc) is 3.09. The number of para-hydroxylation sites is 1. The van der Waals surface area contributed by atoms with Crippen LogP contribution in [-0.4, -0.2) is 27.5 Å². The van der Waals surface area contributed by atoms with Gasteiger partial charge < -0.3 is 10.1 Å². The van der Waals surface area contributed by atoms with E-state index >= 15 is 0 Å². The van der Waals surface area contributed by atoms with Gasteiger partial charge >= 0.3 is 0 Å². The van der Waals surface area contributed by atoms with E-state index in [0.717, 1.165) is 17.9 Å². The lowest BCUT2D eigenvalue weighted by atomic mass is 10.1. The van der Waals surface area contributed by atoms with Crippen molar-refractivity contribution in [1.29, 1.82) is 0 Å². The largest absolute Gasteiger partial charge is 0.488 e. The van der Waals surface area contributed by atoms with Crippen molar-refractivity contribution >= 4 is 11.5 Å². The highest BCUT2D eigenvalue weighted by Crippen LogP contribution is 2.28. The summed E-state index contributed by atoms with van der Waals surface area (Å²) in [6.07, 6.45) is 0.893. The van der Waals surface area contributed by atoms with Gasteiger partial charge in [0, 0.05) is 35.9 Å². The molecule has 7 heteroatoms. The number of fused-ring (bicyclic) bond motifs is 1. The molecule has 1 aliphatic heterocycles. The molecule has 1 N–H and O–H groups in total. The van der Waals surface area contributed by atoms with Crippen LogP contribution < -0.4 is 10.1 Å². The molecule has 7 nitrogen and oxygen atoms in total. The molecule has 0 aliphatic carbocycles. The number of ether oxygens (including phenoxy) is 1. The van der Waals surface area contributed by atoms with E-state index in [2.05, 4.69) is 21.4 Å². The topological polar surface area (TPSA) is 90.2 Å². The maximum atomic E-state index is 11.0. The Kier molecular flexibility index (Phi) is 4.42. The smallest absolute Gasteiger partial charge is 0.270 e. The van der Waals surface area contributed by atoms with E-state index in [0.29, 0.717) is 23.8 Å². The molecule has 2 heterocycles. The number of hydrogen-bond donors (Lipinski definition) is 1. The van der Waals surface area contributed by atoms with E-state index in [1.54, 1.807) is 12.1 Å². The summed E-state index contributed by atoms with van der Waals surface area (Å²) in [6.45, 7) is 2.48. The van der Waals surface area contributed by atoms with Crippen molar-refractivity contribution < 1.29 is 9.66 Å². The maximum absolute atomic E-state index is 11.0. The van der Waals surface area contributed by atoms with Crippen LogP contribution >= 0.6 is 0 Å². The first-order valence-corrected chi connectivity index (χ1v) is 8.67. The number of hydrogen-bond acceptors (Lipinski definition) is 6. The van der Waals surface area contributed by atoms with Crippen molar-refractivity contribution in [2.75, 3.05) is 11.9 Å². The Morgan fingerprint density at radius 3 is 2.85 bits per heavy atom. The zero-order chi connectivity index (χ0) is 18.8. The van der Waals surface area contributed by atoms with Gasteiger partial charge in [0.15, 0.2) is 5.82 Å². The van der Waals surface area contributed by atoms with Gasteiger partial charge in [0.2, 0.25) is 0 Å². The Labute approximate surface area is 156 Å². The van der Waals surface area contributed by atoms with Crippen LogP contribution in [0.15, 0.2) is 54.6 Å². The van der Waals surface area contributed by atoms with Crippen LogP contribution in [0, 0.1) is 17.0 Å². The standard InChI is InChI=1S/C20H18N4O3/c1-13-9-19(21-12-17-11-14-5-2-3-8-18(14)27-17)23-20(22-13)15-6-4-7-16(10-15)24(25)26/h2-10,17H,11-12H2,1H3,(H,21,22,23). The number of aryl methyl sites for hydroxylation is 1. The number of benzene rings is 2. The van der Waals surface area contributed by atoms with Crippen LogP contribution in [0.5, 0.6) is 5.75 Å². The van der Waals surface area contributed by atoms with Gasteiger partial charge in [0.05, 0.1) is 11.5 Å². The van der Waals surface area contributed by atoms with Gasteiger partial charge in [-0.2, -0.15) is 0 Å². The van der Waals surface area contributed by atoms with Gasteiger partial charge in [0.1, 0.15) is 17.7 Å². The van der Waals surface area contributed by atoms with E-state index < -0.39 is 4.92 Å². The second-order valence-electron chi connectivity index (χ2n) is 6.46. The van der Waals surface area contributed by atoms with Crippen LogP contribution in [0.1, 0.15) is 11.3 Å². The summed E-state index contributed by atoms with van der Waals surface area (Å²) in [4.78, 5) is 19.5. The molecule has 0 spiro atoms. The van der Waals surface area contributed by atoms with E-state index in [4.69, 9.17) is 4.74 Å². The lowest BCUT2D eigenvalue weighted by Gasteiger charge is -2.13. The molecule has 0 bridgehead atoms. The molecule has 27 heavy (non-hydrogen) atoms. The molecule has 1 aromatic heterocycles. The summed E-state index contributed by atoms with van der Waals surface area (Å²) in [6, 6.07) is 16.2. The molecule has 136 valence electrons. The van der Waals surface area contributed by atoms with Crippen LogP contribution in [-0.2, 0) is 6.42 Å². The summed E-state index contributed by atoms with van der Waals surface area (Å²) in [5.74, 6) is 2.06. The van der Waals surface area contributed by atoms with Gasteiger partial charge in [0.25, 0.3) is 5.69 Å². The maximum Gasteiger partial charge on any atom is 0.270 e. The van der Waals surface area contributed by atoms with Crippen LogP contribution in [0.25, 0.3) is 11.4 Å². The Morgan fingerprint density at radius 1 is 1.19 bits per heavy atom. The molecule has 4 rings (SSSR count). The van der Waals surface area contributed by atoms with Crippen molar-refractivity contribution in [3.63, 3.8) is 0 Å². The molecule has 2 aromatic carbocycles. The number of non-ortho nitro benzene ring substituents is 1. The highest BCUT2D eigenvalue weighted by atomic mass is 16.6. The number of nitrogens with zero attached hydrogens (tertiary/aromatic N) is 3. The second kappa shape index (κ2) is 7.03. The predicted octanol–water partition coefficient (Wildman–Crippen LogP) is 3.78. The molecule has 0 fully saturated rings. The third kappa shape index (κ3) is 3.72. The average molecular weight is 362 g/mol. The van der Waals surface area contributed by atoms with Gasteiger partial charge in [-0.15, -0.1) is 0 Å². The normalized spacial score (nSPS) is 15.1. The van der Waals surface area contributed by atoms with Gasteiger partial charge in [-0.05, 0) is 18.6 Å². The number of anilines is 1. The molecule has 0 saturated carbocycles. The van der Waals surface area contributed by atoms with Crippen molar-refractivity contribution in [2.45, 2.75) is 19.4 Å². The third-order valence-corrected chi connectivity index (χ3v) is 4.39. The molecule has 3 aromatic rings. The van der Waals surface area contributed by atoms with Crippen molar-refractivity contribution in [1.82, 2.24) is 9.97 Å². The number of rotatable bonds is 5. The zero-order valence-electron chi connectivity index (χ0n) is 14.8. The van der Waals surface area contributed by atoms with Crippen LogP contribution in [0.2, 0.25) is 0 Å². The first kappa shape index (κ1) is 17.0. The van der Waals surface area contributed by atoms with E-state index in [1.807, 2.05) is 31.2 Å². The molecular weight excluding hydrogens is 344 g/mol. The molecule has 1 unspecified atom stereocenters. The highest BCUT2D eigenvalue weighted by Gasteiger charge is 2.22. The minimum absolute atomic E-state index is 0.0178. The third-order valence-electron chi connectivity index (χ3n) is 4.39. The Balaban J connectivity index is 1.50. The van der Waals surface area contributed by atoms with Crippen molar-refractivity contribution in [2.24, 2.45) is 0 Å². The fourth-order valence-corrected chi connectivity index (χ4v) is 3.13. The minimum Gasteiger partial charge on any atom is -0.488 e. The molecule has 0 saturated heterocycles. The molecule has 0 amide bonds. The van der Waals surface area contributed by atoms with Gasteiger partial charge in [-0.1, -0.05) is 30.3 Å². The van der Waals surface area contributed by atoms with Crippen LogP contribution in [0.4, 0.5) is 11.5 Å². The number of nitro groups is 1. The van der Waals surface area contributed by atoms with Crippen LogP contribution in [0.3, 0.4) is 0 Å². The van der Waals surface area contributed by atoms with E-state index in [-0.39, 0.29) is 11.8 Å². The number of nitrogens with one attached hydrogen (secondary N) is 1. The zero-order valence-corrected chi connectivity index (χ0v) is 14.8. The molecule has 1 atom stereocenters. The summed E-state index contributed by atoms with van der Waals surface area (Å²) in [5.41, 5.74) is 2.62. The number of nitro benzene ring substituents is 1. The Hall–Kier alpha value is -3.48. The summed E-state index contributed by atoms with van der Waals surface area (Å²) in [7, 11) is 0. The van der Waals surface area contributed by atoms with Crippen molar-refractivity contribution in [3.05, 3.63) is 76.0 Å². The minimum atomic E-state index is -0.423. The Bertz CT molecular complexity index is 981. The second-order valence-corrected chi connectivity index (χ2v) is 6.46. The lowest BCUT2D eigenvalue weighted by Crippen LogP contribution is -2.24. The lowest BCUT2D eigenvalue weighted by molar-refractivity contribution is -0.384. The molecule has 1 aliphatic rings. The quantitative estimate of drug-likeness (QED) is 0.549. The van der Waals surface area contributed by atoms with Crippen molar-refractivity contribution in [3.8, 4) is 17.1 Å². The first-order chi connectivity index (χ1) is 13.1. The molecular formula is C20H18N4O3. The number of aromatic nitrogens is 2. The van der Waals surface area contributed by atoms with Gasteiger partial charge in [-0.3, -0.25) is 10.1 Å². The fraction of sp³-hybridized carbons (Fsp3) is 0.200. The summed E-state index contributed by atoms with van der Waals surface area (Å²) in [5, 5.41) is 14.3. The molecule has 0 radical (unpaired) electrons. The van der Waals surface area contributed by atoms with E-state index in [1.165, 1.54) is 17.7 Å².